The topological polar surface area (TPSA) is 39.7 Å². The van der Waals surface area contributed by atoms with Crippen LogP contribution in [0.25, 0.3) is 0 Å². The summed E-state index contributed by atoms with van der Waals surface area (Å²) >= 11 is 0. The largest absolute Gasteiger partial charge is 0.382 e. The van der Waals surface area contributed by atoms with Gasteiger partial charge in [-0.25, -0.2) is 0 Å². The maximum absolute atomic E-state index is 5.59. The Balaban J connectivity index is 1.75. The first kappa shape index (κ1) is 14.9. The highest BCUT2D eigenvalue weighted by molar-refractivity contribution is 4.62. The van der Waals surface area contributed by atoms with Crippen molar-refractivity contribution in [2.45, 2.75) is 38.7 Å². The summed E-state index contributed by atoms with van der Waals surface area (Å²) in [6, 6.07) is 0. The Labute approximate surface area is 105 Å². The van der Waals surface area contributed by atoms with Crippen molar-refractivity contribution in [3.05, 3.63) is 0 Å². The molecule has 4 nitrogen and oxygen atoms in total. The SMILES string of the molecule is CCOCCCNCCOCC1CCCCO1. The fourth-order valence-corrected chi connectivity index (χ4v) is 1.87. The van der Waals surface area contributed by atoms with Crippen molar-refractivity contribution >= 4 is 0 Å². The van der Waals surface area contributed by atoms with Gasteiger partial charge in [-0.15, -0.1) is 0 Å². The first-order valence-electron chi connectivity index (χ1n) is 6.91. The van der Waals surface area contributed by atoms with Gasteiger partial charge in [0.2, 0.25) is 0 Å². The van der Waals surface area contributed by atoms with Crippen molar-refractivity contribution in [3.63, 3.8) is 0 Å². The van der Waals surface area contributed by atoms with Crippen LogP contribution in [0.5, 0.6) is 0 Å². The molecule has 1 aliphatic rings. The zero-order valence-electron chi connectivity index (χ0n) is 11.1. The molecule has 0 aromatic carbocycles. The quantitative estimate of drug-likeness (QED) is 0.593. The molecule has 0 amide bonds. The second kappa shape index (κ2) is 11.0. The maximum atomic E-state index is 5.59. The number of ether oxygens (including phenoxy) is 3. The van der Waals surface area contributed by atoms with Gasteiger partial charge < -0.3 is 19.5 Å². The molecule has 1 heterocycles. The van der Waals surface area contributed by atoms with E-state index >= 15 is 0 Å². The van der Waals surface area contributed by atoms with Gasteiger partial charge in [-0.2, -0.15) is 0 Å². The molecule has 0 aromatic rings. The summed E-state index contributed by atoms with van der Waals surface area (Å²) in [5, 5.41) is 3.34. The van der Waals surface area contributed by atoms with Crippen LogP contribution < -0.4 is 5.32 Å². The van der Waals surface area contributed by atoms with Gasteiger partial charge in [-0.05, 0) is 39.2 Å². The van der Waals surface area contributed by atoms with Gasteiger partial charge in [0.15, 0.2) is 0 Å². The summed E-state index contributed by atoms with van der Waals surface area (Å²) in [6.45, 7) is 8.03. The molecule has 4 heteroatoms. The normalized spacial score (nSPS) is 20.6. The van der Waals surface area contributed by atoms with E-state index in [-0.39, 0.29) is 0 Å². The van der Waals surface area contributed by atoms with E-state index in [0.717, 1.165) is 59.0 Å². The predicted molar refractivity (Wildman–Crippen MR) is 68.4 cm³/mol. The van der Waals surface area contributed by atoms with Gasteiger partial charge in [-0.1, -0.05) is 0 Å². The second-order valence-corrected chi connectivity index (χ2v) is 4.36. The molecule has 1 atom stereocenters. The lowest BCUT2D eigenvalue weighted by Crippen LogP contribution is -2.27. The number of hydrogen-bond acceptors (Lipinski definition) is 4. The number of rotatable bonds is 10. The Kier molecular flexibility index (Phi) is 9.61. The third-order valence-electron chi connectivity index (χ3n) is 2.85. The number of hydrogen-bond donors (Lipinski definition) is 1. The first-order valence-corrected chi connectivity index (χ1v) is 6.91. The molecule has 1 rings (SSSR count). The van der Waals surface area contributed by atoms with Gasteiger partial charge >= 0.3 is 0 Å². The van der Waals surface area contributed by atoms with E-state index in [9.17, 15) is 0 Å². The minimum absolute atomic E-state index is 0.335. The lowest BCUT2D eigenvalue weighted by molar-refractivity contribution is -0.0398. The Morgan fingerprint density at radius 3 is 2.88 bits per heavy atom. The molecule has 1 saturated heterocycles. The average Bonchev–Trinajstić information content (AvgIpc) is 2.38. The van der Waals surface area contributed by atoms with Crippen molar-refractivity contribution < 1.29 is 14.2 Å². The van der Waals surface area contributed by atoms with E-state index in [1.165, 1.54) is 12.8 Å². The Bertz CT molecular complexity index is 161. The lowest BCUT2D eigenvalue weighted by Gasteiger charge is -2.22. The van der Waals surface area contributed by atoms with Crippen LogP contribution in [0.1, 0.15) is 32.6 Å². The Hall–Kier alpha value is -0.160. The van der Waals surface area contributed by atoms with E-state index in [1.807, 2.05) is 6.92 Å². The molecule has 1 fully saturated rings. The molecule has 0 aliphatic carbocycles. The van der Waals surface area contributed by atoms with Crippen LogP contribution in [0.4, 0.5) is 0 Å². The molecule has 0 bridgehead atoms. The van der Waals surface area contributed by atoms with Crippen molar-refractivity contribution in [2.24, 2.45) is 0 Å². The lowest BCUT2D eigenvalue weighted by atomic mass is 10.1. The molecule has 0 spiro atoms. The van der Waals surface area contributed by atoms with E-state index in [4.69, 9.17) is 14.2 Å². The van der Waals surface area contributed by atoms with E-state index < -0.39 is 0 Å². The van der Waals surface area contributed by atoms with E-state index in [2.05, 4.69) is 5.32 Å². The minimum atomic E-state index is 0.335. The van der Waals surface area contributed by atoms with Crippen LogP contribution in [0.2, 0.25) is 0 Å². The summed E-state index contributed by atoms with van der Waals surface area (Å²) < 4.78 is 16.4. The molecule has 102 valence electrons. The summed E-state index contributed by atoms with van der Waals surface area (Å²) in [7, 11) is 0. The molecular weight excluding hydrogens is 218 g/mol. The second-order valence-electron chi connectivity index (χ2n) is 4.36. The van der Waals surface area contributed by atoms with Crippen molar-refractivity contribution in [3.8, 4) is 0 Å². The Morgan fingerprint density at radius 2 is 2.12 bits per heavy atom. The highest BCUT2D eigenvalue weighted by Gasteiger charge is 2.13. The van der Waals surface area contributed by atoms with Crippen LogP contribution in [0.3, 0.4) is 0 Å². The molecule has 1 aliphatic heterocycles. The van der Waals surface area contributed by atoms with E-state index in [1.54, 1.807) is 0 Å². The zero-order chi connectivity index (χ0) is 12.2. The van der Waals surface area contributed by atoms with Gasteiger partial charge in [0.25, 0.3) is 0 Å². The summed E-state index contributed by atoms with van der Waals surface area (Å²) in [5.74, 6) is 0. The molecule has 0 radical (unpaired) electrons. The average molecular weight is 245 g/mol. The molecule has 0 saturated carbocycles. The third-order valence-corrected chi connectivity index (χ3v) is 2.85. The standard InChI is InChI=1S/C13H27NO3/c1-2-15-9-5-7-14-8-11-16-12-13-6-3-4-10-17-13/h13-14H,2-12H2,1H3. The monoisotopic (exact) mass is 245 g/mol. The van der Waals surface area contributed by atoms with Crippen LogP contribution in [-0.2, 0) is 14.2 Å². The van der Waals surface area contributed by atoms with Crippen LogP contribution in [0, 0.1) is 0 Å². The van der Waals surface area contributed by atoms with Crippen molar-refractivity contribution in [1.29, 1.82) is 0 Å². The highest BCUT2D eigenvalue weighted by Crippen LogP contribution is 2.12. The molecule has 17 heavy (non-hydrogen) atoms. The Morgan fingerprint density at radius 1 is 1.18 bits per heavy atom. The highest BCUT2D eigenvalue weighted by atomic mass is 16.5. The van der Waals surface area contributed by atoms with Gasteiger partial charge in [-0.3, -0.25) is 0 Å². The van der Waals surface area contributed by atoms with Crippen molar-refractivity contribution in [2.75, 3.05) is 46.1 Å². The summed E-state index contributed by atoms with van der Waals surface area (Å²) in [5.41, 5.74) is 0. The fourth-order valence-electron chi connectivity index (χ4n) is 1.87. The summed E-state index contributed by atoms with van der Waals surface area (Å²) in [4.78, 5) is 0. The van der Waals surface area contributed by atoms with Crippen LogP contribution >= 0.6 is 0 Å². The van der Waals surface area contributed by atoms with E-state index in [0.29, 0.717) is 6.10 Å². The van der Waals surface area contributed by atoms with Crippen LogP contribution in [0.15, 0.2) is 0 Å². The van der Waals surface area contributed by atoms with Gasteiger partial charge in [0.1, 0.15) is 0 Å². The van der Waals surface area contributed by atoms with Gasteiger partial charge in [0, 0.05) is 26.4 Å². The number of nitrogens with one attached hydrogen (secondary N) is 1. The van der Waals surface area contributed by atoms with Crippen LogP contribution in [-0.4, -0.2) is 52.2 Å². The smallest absolute Gasteiger partial charge is 0.0808 e. The first-order chi connectivity index (χ1) is 8.43. The molecule has 1 N–H and O–H groups in total. The minimum Gasteiger partial charge on any atom is -0.382 e. The predicted octanol–water partition coefficient (Wildman–Crippen LogP) is 1.59. The van der Waals surface area contributed by atoms with Gasteiger partial charge in [0.05, 0.1) is 19.3 Å². The molecule has 1 unspecified atom stereocenters. The molecule has 0 aromatic heterocycles. The zero-order valence-corrected chi connectivity index (χ0v) is 11.1. The summed E-state index contributed by atoms with van der Waals surface area (Å²) in [6.07, 6.45) is 5.05. The third kappa shape index (κ3) is 8.55. The maximum Gasteiger partial charge on any atom is 0.0808 e. The fraction of sp³-hybridized carbons (Fsp3) is 1.00. The van der Waals surface area contributed by atoms with Crippen molar-refractivity contribution in [1.82, 2.24) is 5.32 Å². The molecular formula is C13H27NO3.